The number of carbonyl (C=O) groups excluding carboxylic acids is 2. The molecule has 0 aliphatic carbocycles. The first kappa shape index (κ1) is 10.1. The van der Waals surface area contributed by atoms with Gasteiger partial charge in [-0.15, -0.1) is 0 Å². The molecule has 1 radical (unpaired) electrons. The van der Waals surface area contributed by atoms with Crippen molar-refractivity contribution < 1.29 is 9.59 Å². The Morgan fingerprint density at radius 1 is 1.46 bits per heavy atom. The molecule has 1 fully saturated rings. The van der Waals surface area contributed by atoms with Crippen molar-refractivity contribution in [2.24, 2.45) is 0 Å². The second-order valence-electron chi connectivity index (χ2n) is 2.90. The quantitative estimate of drug-likeness (QED) is 0.565. The molecule has 1 rings (SSSR count). The Bertz CT molecular complexity index is 178. The second kappa shape index (κ2) is 5.66. The first-order chi connectivity index (χ1) is 6.33. The van der Waals surface area contributed by atoms with Crippen LogP contribution in [0.5, 0.6) is 0 Å². The Morgan fingerprint density at radius 2 is 2.15 bits per heavy atom. The summed E-state index contributed by atoms with van der Waals surface area (Å²) in [6.07, 6.45) is 1.33. The molecule has 0 aromatic carbocycles. The molecule has 0 aromatic heterocycles. The Balaban J connectivity index is 2.14. The Kier molecular flexibility index (Phi) is 4.42. The Hall–Kier alpha value is -0.940. The fourth-order valence-corrected chi connectivity index (χ4v) is 1.14. The number of hydrogen-bond acceptors (Lipinski definition) is 3. The van der Waals surface area contributed by atoms with E-state index in [2.05, 4.69) is 10.7 Å². The van der Waals surface area contributed by atoms with E-state index in [1.807, 2.05) is 5.01 Å². The van der Waals surface area contributed by atoms with Crippen molar-refractivity contribution in [1.29, 1.82) is 0 Å². The molecule has 5 heteroatoms. The Labute approximate surface area is 77.4 Å². The molecule has 0 spiro atoms. The van der Waals surface area contributed by atoms with Crippen LogP contribution >= 0.6 is 0 Å². The lowest BCUT2D eigenvalue weighted by atomic mass is 10.3. The zero-order valence-electron chi connectivity index (χ0n) is 7.53. The van der Waals surface area contributed by atoms with Gasteiger partial charge < -0.3 is 4.79 Å². The minimum absolute atomic E-state index is 0.0889. The van der Waals surface area contributed by atoms with Crippen molar-refractivity contribution in [3.8, 4) is 0 Å². The van der Waals surface area contributed by atoms with E-state index in [4.69, 9.17) is 0 Å². The summed E-state index contributed by atoms with van der Waals surface area (Å²) >= 11 is 0. The average molecular weight is 184 g/mol. The molecule has 5 nitrogen and oxygen atoms in total. The zero-order chi connectivity index (χ0) is 9.52. The van der Waals surface area contributed by atoms with Gasteiger partial charge in [0.25, 0.3) is 0 Å². The van der Waals surface area contributed by atoms with Gasteiger partial charge in [0.15, 0.2) is 0 Å². The molecule has 1 amide bonds. The molecular weight excluding hydrogens is 170 g/mol. The van der Waals surface area contributed by atoms with E-state index < -0.39 is 0 Å². The molecular formula is C8H14N3O2. The predicted molar refractivity (Wildman–Crippen MR) is 46.9 cm³/mol. The molecule has 13 heavy (non-hydrogen) atoms. The third kappa shape index (κ3) is 4.00. The molecule has 0 aromatic rings. The molecule has 1 saturated heterocycles. The molecule has 0 bridgehead atoms. The van der Waals surface area contributed by atoms with Crippen LogP contribution < -0.4 is 10.7 Å². The molecule has 0 saturated carbocycles. The predicted octanol–water partition coefficient (Wildman–Crippen LogP) is -1.08. The highest BCUT2D eigenvalue weighted by Crippen LogP contribution is 1.91. The van der Waals surface area contributed by atoms with Gasteiger partial charge in [-0.2, -0.15) is 0 Å². The third-order valence-corrected chi connectivity index (χ3v) is 1.83. The van der Waals surface area contributed by atoms with Gasteiger partial charge in [0.05, 0.1) is 0 Å². The number of nitrogens with zero attached hydrogens (tertiary/aromatic N) is 2. The van der Waals surface area contributed by atoms with Crippen LogP contribution in [0.3, 0.4) is 0 Å². The van der Waals surface area contributed by atoms with Gasteiger partial charge >= 0.3 is 0 Å². The largest absolute Gasteiger partial charge is 0.303 e. The highest BCUT2D eigenvalue weighted by molar-refractivity contribution is 5.77. The normalized spacial score (nSPS) is 18.2. The van der Waals surface area contributed by atoms with Crippen LogP contribution in [0.1, 0.15) is 12.8 Å². The van der Waals surface area contributed by atoms with Gasteiger partial charge in [-0.05, 0) is 0 Å². The molecule has 73 valence electrons. The molecule has 0 atom stereocenters. The average Bonchev–Trinajstić information content (AvgIpc) is 2.16. The summed E-state index contributed by atoms with van der Waals surface area (Å²) in [4.78, 5) is 21.1. The van der Waals surface area contributed by atoms with Gasteiger partial charge in [-0.1, -0.05) is 0 Å². The minimum atomic E-state index is -0.0889. The van der Waals surface area contributed by atoms with Crippen molar-refractivity contribution >= 4 is 12.2 Å². The lowest BCUT2D eigenvalue weighted by molar-refractivity contribution is -0.127. The lowest BCUT2D eigenvalue weighted by Crippen LogP contribution is -2.50. The van der Waals surface area contributed by atoms with Crippen molar-refractivity contribution in [3.05, 3.63) is 0 Å². The Morgan fingerprint density at radius 3 is 2.77 bits per heavy atom. The lowest BCUT2D eigenvalue weighted by Gasteiger charge is -2.26. The van der Waals surface area contributed by atoms with Crippen LogP contribution in [-0.2, 0) is 9.59 Å². The SMILES string of the molecule is O=CCCC(=O)NN1CC[N]CC1. The first-order valence-corrected chi connectivity index (χ1v) is 4.44. The number of amides is 1. The number of carbonyl (C=O) groups is 2. The third-order valence-electron chi connectivity index (χ3n) is 1.83. The number of rotatable bonds is 4. The maximum absolute atomic E-state index is 11.1. The van der Waals surface area contributed by atoms with Crippen LogP contribution in [0.4, 0.5) is 0 Å². The highest BCUT2D eigenvalue weighted by atomic mass is 16.2. The van der Waals surface area contributed by atoms with E-state index >= 15 is 0 Å². The summed E-state index contributed by atoms with van der Waals surface area (Å²) in [5.74, 6) is -0.0889. The number of nitrogens with one attached hydrogen (secondary N) is 1. The van der Waals surface area contributed by atoms with E-state index in [-0.39, 0.29) is 12.3 Å². The number of aldehydes is 1. The van der Waals surface area contributed by atoms with E-state index in [1.54, 1.807) is 0 Å². The van der Waals surface area contributed by atoms with Gasteiger partial charge in [-0.3, -0.25) is 10.2 Å². The number of hydrazine groups is 1. The van der Waals surface area contributed by atoms with E-state index in [1.165, 1.54) is 0 Å². The van der Waals surface area contributed by atoms with Crippen LogP contribution in [0.25, 0.3) is 0 Å². The summed E-state index contributed by atoms with van der Waals surface area (Å²) in [5, 5.41) is 5.99. The van der Waals surface area contributed by atoms with Crippen molar-refractivity contribution in [2.45, 2.75) is 12.8 Å². The van der Waals surface area contributed by atoms with Gasteiger partial charge in [0.1, 0.15) is 6.29 Å². The van der Waals surface area contributed by atoms with Crippen LogP contribution in [0.2, 0.25) is 0 Å². The standard InChI is InChI=1S/C8H14N3O2/c12-7-1-2-8(13)10-11-5-3-9-4-6-11/h7H,1-6H2,(H,10,13). The monoisotopic (exact) mass is 184 g/mol. The van der Waals surface area contributed by atoms with Gasteiger partial charge in [0.2, 0.25) is 5.91 Å². The first-order valence-electron chi connectivity index (χ1n) is 4.44. The minimum Gasteiger partial charge on any atom is -0.303 e. The number of hydrogen-bond donors (Lipinski definition) is 1. The maximum Gasteiger partial charge on any atom is 0.234 e. The summed E-state index contributed by atoms with van der Waals surface area (Å²) in [6.45, 7) is 3.08. The summed E-state index contributed by atoms with van der Waals surface area (Å²) in [6, 6.07) is 0. The molecule has 1 heterocycles. The fraction of sp³-hybridized carbons (Fsp3) is 0.750. The molecule has 1 aliphatic rings. The highest BCUT2D eigenvalue weighted by Gasteiger charge is 2.11. The topological polar surface area (TPSA) is 63.5 Å². The van der Waals surface area contributed by atoms with Crippen LogP contribution in [0, 0.1) is 0 Å². The molecule has 1 aliphatic heterocycles. The fourth-order valence-electron chi connectivity index (χ4n) is 1.14. The van der Waals surface area contributed by atoms with Crippen molar-refractivity contribution in [3.63, 3.8) is 0 Å². The van der Waals surface area contributed by atoms with E-state index in [0.717, 1.165) is 32.5 Å². The molecule has 1 N–H and O–H groups in total. The van der Waals surface area contributed by atoms with Gasteiger partial charge in [-0.25, -0.2) is 10.3 Å². The summed E-state index contributed by atoms with van der Waals surface area (Å²) < 4.78 is 0. The smallest absolute Gasteiger partial charge is 0.234 e. The van der Waals surface area contributed by atoms with Crippen LogP contribution in [0.15, 0.2) is 0 Å². The summed E-state index contributed by atoms with van der Waals surface area (Å²) in [5.41, 5.74) is 2.73. The maximum atomic E-state index is 11.1. The van der Waals surface area contributed by atoms with E-state index in [0.29, 0.717) is 6.42 Å². The molecule has 0 unspecified atom stereocenters. The van der Waals surface area contributed by atoms with Gasteiger partial charge in [0, 0.05) is 39.0 Å². The number of piperazine rings is 1. The zero-order valence-corrected chi connectivity index (χ0v) is 7.53. The van der Waals surface area contributed by atoms with Crippen LogP contribution in [-0.4, -0.2) is 43.4 Å². The second-order valence-corrected chi connectivity index (χ2v) is 2.90. The summed E-state index contributed by atoms with van der Waals surface area (Å²) in [7, 11) is 0. The van der Waals surface area contributed by atoms with Crippen molar-refractivity contribution in [2.75, 3.05) is 26.2 Å². The van der Waals surface area contributed by atoms with Crippen molar-refractivity contribution in [1.82, 2.24) is 15.8 Å². The van der Waals surface area contributed by atoms with E-state index in [9.17, 15) is 9.59 Å².